The van der Waals surface area contributed by atoms with Crippen LogP contribution in [0.3, 0.4) is 0 Å². The highest BCUT2D eigenvalue weighted by Gasteiger charge is 2.27. The van der Waals surface area contributed by atoms with Crippen LogP contribution >= 0.6 is 0 Å². The maximum absolute atomic E-state index is 13.7. The molecular weight excluding hydrogens is 460 g/mol. The van der Waals surface area contributed by atoms with Gasteiger partial charge in [0.25, 0.3) is 0 Å². The molecule has 1 saturated carbocycles. The number of hydrogen-bond donors (Lipinski definition) is 1. The molecule has 0 heterocycles. The van der Waals surface area contributed by atoms with Crippen LogP contribution in [0.5, 0.6) is 0 Å². The second-order valence-corrected chi connectivity index (χ2v) is 9.46. The molecule has 1 fully saturated rings. The fourth-order valence-corrected chi connectivity index (χ4v) is 4.83. The molecule has 1 N–H and O–H groups in total. The van der Waals surface area contributed by atoms with E-state index in [0.29, 0.717) is 13.2 Å². The normalized spacial score (nSPS) is 13.9. The molecule has 3 aromatic carbocycles. The van der Waals surface area contributed by atoms with E-state index in [4.69, 9.17) is 4.74 Å². The molecule has 0 aliphatic heterocycles. The smallest absolute Gasteiger partial charge is 0.330 e. The van der Waals surface area contributed by atoms with Gasteiger partial charge in [-0.1, -0.05) is 67.8 Å². The van der Waals surface area contributed by atoms with Crippen LogP contribution in [0.1, 0.15) is 50.2 Å². The van der Waals surface area contributed by atoms with Crippen molar-refractivity contribution in [2.75, 3.05) is 23.9 Å². The monoisotopic (exact) mass is 496 g/mol. The van der Waals surface area contributed by atoms with Crippen molar-refractivity contribution in [2.24, 2.45) is 5.92 Å². The molecule has 0 saturated heterocycles. The average Bonchev–Trinajstić information content (AvgIpc) is 2.95. The minimum atomic E-state index is -0.372. The third kappa shape index (κ3) is 7.10. The minimum absolute atomic E-state index is 0.0532. The number of rotatable bonds is 9. The van der Waals surface area contributed by atoms with Gasteiger partial charge in [-0.15, -0.1) is 0 Å². The Bertz CT molecular complexity index is 1210. The fraction of sp³-hybridized carbons (Fsp3) is 0.312. The van der Waals surface area contributed by atoms with E-state index >= 15 is 0 Å². The lowest BCUT2D eigenvalue weighted by Gasteiger charge is -2.30. The Hall–Kier alpha value is -3.86. The van der Waals surface area contributed by atoms with Crippen molar-refractivity contribution in [3.05, 3.63) is 90.0 Å². The van der Waals surface area contributed by atoms with Crippen LogP contribution < -0.4 is 10.2 Å². The topological polar surface area (TPSA) is 58.6 Å². The van der Waals surface area contributed by atoms with Crippen LogP contribution in [0.25, 0.3) is 17.2 Å². The van der Waals surface area contributed by atoms with Crippen molar-refractivity contribution >= 4 is 29.3 Å². The number of nitrogens with zero attached hydrogens (tertiary/aromatic N) is 1. The van der Waals surface area contributed by atoms with Gasteiger partial charge in [0.2, 0.25) is 5.91 Å². The Morgan fingerprint density at radius 1 is 0.946 bits per heavy atom. The number of anilines is 2. The Balaban J connectivity index is 1.57. The van der Waals surface area contributed by atoms with Crippen molar-refractivity contribution in [3.63, 3.8) is 0 Å². The van der Waals surface area contributed by atoms with E-state index in [1.54, 1.807) is 13.0 Å². The van der Waals surface area contributed by atoms with Gasteiger partial charge in [-0.25, -0.2) is 4.79 Å². The SMILES string of the molecule is CCOC(=O)/C=C/c1cccc(N(Cc2ccc(-c3ccc(NC)cc3)cc2)C(=O)C2CCCCC2)c1. The van der Waals surface area contributed by atoms with Crippen LogP contribution in [-0.2, 0) is 20.9 Å². The summed E-state index contributed by atoms with van der Waals surface area (Å²) in [6.07, 6.45) is 8.46. The summed E-state index contributed by atoms with van der Waals surface area (Å²) >= 11 is 0. The van der Waals surface area contributed by atoms with E-state index in [0.717, 1.165) is 59.3 Å². The van der Waals surface area contributed by atoms with Gasteiger partial charge < -0.3 is 15.0 Å². The molecule has 0 radical (unpaired) electrons. The fourth-order valence-electron chi connectivity index (χ4n) is 4.83. The number of benzene rings is 3. The molecule has 3 aromatic rings. The standard InChI is InChI=1S/C32H36N2O3/c1-3-37-31(35)21-14-24-8-7-11-30(22-24)34(32(36)28-9-5-4-6-10-28)23-25-12-15-26(16-13-25)27-17-19-29(33-2)20-18-27/h7-8,11-22,28,33H,3-6,9-10,23H2,1-2H3/b21-14+. The van der Waals surface area contributed by atoms with Crippen molar-refractivity contribution in [1.82, 2.24) is 0 Å². The van der Waals surface area contributed by atoms with Crippen LogP contribution in [-0.4, -0.2) is 25.5 Å². The molecule has 0 atom stereocenters. The van der Waals surface area contributed by atoms with Crippen LogP contribution in [0.2, 0.25) is 0 Å². The van der Waals surface area contributed by atoms with Gasteiger partial charge in [0.05, 0.1) is 13.2 Å². The van der Waals surface area contributed by atoms with Gasteiger partial charge in [0, 0.05) is 30.4 Å². The lowest BCUT2D eigenvalue weighted by Crippen LogP contribution is -2.36. The maximum Gasteiger partial charge on any atom is 0.330 e. The first-order chi connectivity index (χ1) is 18.1. The molecule has 5 nitrogen and oxygen atoms in total. The molecule has 1 amide bonds. The van der Waals surface area contributed by atoms with Gasteiger partial charge in [0.1, 0.15) is 0 Å². The zero-order valence-corrected chi connectivity index (χ0v) is 21.8. The molecule has 0 spiro atoms. The second kappa shape index (κ2) is 12.9. The van der Waals surface area contributed by atoms with Gasteiger partial charge in [-0.05, 0) is 72.4 Å². The van der Waals surface area contributed by atoms with Gasteiger partial charge in [-0.3, -0.25) is 4.79 Å². The molecule has 1 aliphatic carbocycles. The van der Waals surface area contributed by atoms with E-state index in [1.807, 2.05) is 36.2 Å². The van der Waals surface area contributed by atoms with Crippen molar-refractivity contribution in [1.29, 1.82) is 0 Å². The Kier molecular flexibility index (Phi) is 9.14. The maximum atomic E-state index is 13.7. The Labute approximate surface area is 220 Å². The summed E-state index contributed by atoms with van der Waals surface area (Å²) < 4.78 is 5.00. The first-order valence-corrected chi connectivity index (χ1v) is 13.2. The van der Waals surface area contributed by atoms with Gasteiger partial charge in [0.15, 0.2) is 0 Å². The zero-order chi connectivity index (χ0) is 26.0. The summed E-state index contributed by atoms with van der Waals surface area (Å²) in [5.74, 6) is -0.140. The summed E-state index contributed by atoms with van der Waals surface area (Å²) in [4.78, 5) is 27.4. The summed E-state index contributed by atoms with van der Waals surface area (Å²) in [6.45, 7) is 2.62. The van der Waals surface area contributed by atoms with Crippen molar-refractivity contribution in [3.8, 4) is 11.1 Å². The third-order valence-corrected chi connectivity index (χ3v) is 6.90. The lowest BCUT2D eigenvalue weighted by molar-refractivity contribution is -0.137. The van der Waals surface area contributed by atoms with E-state index in [-0.39, 0.29) is 17.8 Å². The first-order valence-electron chi connectivity index (χ1n) is 13.2. The molecular formula is C32H36N2O3. The molecule has 0 bridgehead atoms. The number of ether oxygens (including phenoxy) is 1. The third-order valence-electron chi connectivity index (χ3n) is 6.90. The zero-order valence-electron chi connectivity index (χ0n) is 21.8. The predicted octanol–water partition coefficient (Wildman–Crippen LogP) is 7.09. The Morgan fingerprint density at radius 3 is 2.27 bits per heavy atom. The molecule has 0 aromatic heterocycles. The summed E-state index contributed by atoms with van der Waals surface area (Å²) in [6, 6.07) is 24.6. The first kappa shape index (κ1) is 26.2. The van der Waals surface area contributed by atoms with E-state index in [1.165, 1.54) is 12.5 Å². The number of carbonyl (C=O) groups is 2. The molecule has 4 rings (SSSR count). The van der Waals surface area contributed by atoms with Crippen LogP contribution in [0.4, 0.5) is 11.4 Å². The summed E-state index contributed by atoms with van der Waals surface area (Å²) in [5.41, 5.74) is 6.15. The highest BCUT2D eigenvalue weighted by molar-refractivity contribution is 5.95. The van der Waals surface area contributed by atoms with Crippen LogP contribution in [0.15, 0.2) is 78.9 Å². The summed E-state index contributed by atoms with van der Waals surface area (Å²) in [5, 5.41) is 3.15. The predicted molar refractivity (Wildman–Crippen MR) is 151 cm³/mol. The van der Waals surface area contributed by atoms with E-state index in [2.05, 4.69) is 53.8 Å². The summed E-state index contributed by atoms with van der Waals surface area (Å²) in [7, 11) is 1.91. The van der Waals surface area contributed by atoms with Crippen LogP contribution in [0, 0.1) is 5.92 Å². The molecule has 192 valence electrons. The van der Waals surface area contributed by atoms with Gasteiger partial charge >= 0.3 is 5.97 Å². The minimum Gasteiger partial charge on any atom is -0.463 e. The van der Waals surface area contributed by atoms with Crippen molar-refractivity contribution < 1.29 is 14.3 Å². The highest BCUT2D eigenvalue weighted by atomic mass is 16.5. The number of nitrogens with one attached hydrogen (secondary N) is 1. The number of carbonyl (C=O) groups excluding carboxylic acids is 2. The molecule has 1 aliphatic rings. The number of hydrogen-bond acceptors (Lipinski definition) is 4. The molecule has 37 heavy (non-hydrogen) atoms. The van der Waals surface area contributed by atoms with Crippen molar-refractivity contribution in [2.45, 2.75) is 45.6 Å². The molecule has 5 heteroatoms. The molecule has 0 unspecified atom stereocenters. The number of esters is 1. The van der Waals surface area contributed by atoms with Gasteiger partial charge in [-0.2, -0.15) is 0 Å². The quantitative estimate of drug-likeness (QED) is 0.254. The average molecular weight is 497 g/mol. The lowest BCUT2D eigenvalue weighted by atomic mass is 9.88. The second-order valence-electron chi connectivity index (χ2n) is 9.46. The number of amides is 1. The largest absolute Gasteiger partial charge is 0.463 e. The Morgan fingerprint density at radius 2 is 1.62 bits per heavy atom. The van der Waals surface area contributed by atoms with E-state index < -0.39 is 0 Å². The van der Waals surface area contributed by atoms with E-state index in [9.17, 15) is 9.59 Å². The highest BCUT2D eigenvalue weighted by Crippen LogP contribution is 2.30.